The molecule has 3 heterocycles. The highest BCUT2D eigenvalue weighted by molar-refractivity contribution is 5.86. The number of anilines is 1. The van der Waals surface area contributed by atoms with Crippen LogP contribution in [0.3, 0.4) is 0 Å². The van der Waals surface area contributed by atoms with Gasteiger partial charge in [-0.05, 0) is 56.6 Å². The van der Waals surface area contributed by atoms with Gasteiger partial charge in [-0.1, -0.05) is 42.5 Å². The van der Waals surface area contributed by atoms with Gasteiger partial charge < -0.3 is 15.2 Å². The van der Waals surface area contributed by atoms with Gasteiger partial charge in [0.15, 0.2) is 0 Å². The Morgan fingerprint density at radius 2 is 1.65 bits per heavy atom. The molecular weight excluding hydrogens is 584 g/mol. The van der Waals surface area contributed by atoms with Gasteiger partial charge in [0.2, 0.25) is 5.95 Å². The summed E-state index contributed by atoms with van der Waals surface area (Å²) in [5.74, 6) is 1.50. The molecule has 1 unspecified atom stereocenters. The van der Waals surface area contributed by atoms with Crippen molar-refractivity contribution in [2.45, 2.75) is 37.9 Å². The monoisotopic (exact) mass is 614 g/mol. The van der Waals surface area contributed by atoms with E-state index in [1.54, 1.807) is 18.3 Å². The Balaban J connectivity index is 0.00000187. The van der Waals surface area contributed by atoms with Crippen molar-refractivity contribution in [3.05, 3.63) is 83.8 Å². The van der Waals surface area contributed by atoms with Crippen molar-refractivity contribution in [2.75, 3.05) is 18.4 Å². The van der Waals surface area contributed by atoms with E-state index in [1.165, 1.54) is 6.07 Å². The Morgan fingerprint density at radius 3 is 2.33 bits per heavy atom. The fourth-order valence-electron chi connectivity index (χ4n) is 4.88. The van der Waals surface area contributed by atoms with Crippen LogP contribution in [0.1, 0.15) is 48.7 Å². The Bertz CT molecular complexity index is 1380. The summed E-state index contributed by atoms with van der Waals surface area (Å²) < 4.78 is 42.6. The molecule has 0 bridgehead atoms. The Kier molecular flexibility index (Phi) is 11.8. The first-order valence-corrected chi connectivity index (χ1v) is 12.4. The van der Waals surface area contributed by atoms with E-state index in [9.17, 15) is 13.2 Å². The third-order valence-electron chi connectivity index (χ3n) is 6.84. The first-order valence-electron chi connectivity index (χ1n) is 12.4. The molecule has 5 rings (SSSR count). The van der Waals surface area contributed by atoms with E-state index in [2.05, 4.69) is 15.6 Å². The third kappa shape index (κ3) is 7.26. The number of rotatable bonds is 6. The molecule has 6 nitrogen and oxygen atoms in total. The van der Waals surface area contributed by atoms with Crippen molar-refractivity contribution in [2.24, 2.45) is 7.05 Å². The molecule has 1 atom stereocenters. The quantitative estimate of drug-likeness (QED) is 0.236. The van der Waals surface area contributed by atoms with Crippen LogP contribution in [0, 0.1) is 0 Å². The van der Waals surface area contributed by atoms with E-state index < -0.39 is 11.7 Å². The second-order valence-corrected chi connectivity index (χ2v) is 9.37. The van der Waals surface area contributed by atoms with Gasteiger partial charge in [-0.2, -0.15) is 13.2 Å². The number of benzene rings is 2. The molecule has 2 N–H and O–H groups in total. The Morgan fingerprint density at radius 1 is 0.950 bits per heavy atom. The number of aromatic nitrogens is 4. The maximum atomic E-state index is 13.5. The van der Waals surface area contributed by atoms with Crippen LogP contribution >= 0.6 is 37.2 Å². The summed E-state index contributed by atoms with van der Waals surface area (Å²) in [6.07, 6.45) is -0.951. The molecule has 40 heavy (non-hydrogen) atoms. The fourth-order valence-corrected chi connectivity index (χ4v) is 4.88. The number of hydrogen-bond donors (Lipinski definition) is 2. The Labute approximate surface area is 250 Å². The number of imidazole rings is 1. The van der Waals surface area contributed by atoms with Gasteiger partial charge in [-0.3, -0.25) is 0 Å². The molecule has 1 saturated heterocycles. The normalized spacial score (nSPS) is 14.3. The number of nitrogens with one attached hydrogen (secondary N) is 2. The molecule has 0 amide bonds. The predicted octanol–water partition coefficient (Wildman–Crippen LogP) is 7.47. The SMILES string of the molecule is CC(Nc1nccc(-c2c(-c3cccc(C(F)(F)F)c3)nc(C3CCNCC3)n2C)n1)c1ccccc1.Cl.Cl.Cl. The first-order chi connectivity index (χ1) is 17.8. The molecule has 1 aliphatic rings. The number of halogens is 6. The van der Waals surface area contributed by atoms with Crippen molar-refractivity contribution in [1.82, 2.24) is 24.8 Å². The van der Waals surface area contributed by atoms with Crippen LogP contribution in [-0.2, 0) is 13.2 Å². The minimum absolute atomic E-state index is 0. The van der Waals surface area contributed by atoms with Crippen LogP contribution in [0.4, 0.5) is 19.1 Å². The maximum absolute atomic E-state index is 13.5. The van der Waals surface area contributed by atoms with Gasteiger partial charge in [0.1, 0.15) is 5.82 Å². The van der Waals surface area contributed by atoms with Crippen LogP contribution in [0.25, 0.3) is 22.6 Å². The molecule has 0 aliphatic carbocycles. The summed E-state index contributed by atoms with van der Waals surface area (Å²) in [5.41, 5.74) is 2.56. The van der Waals surface area contributed by atoms with Gasteiger partial charge >= 0.3 is 6.18 Å². The lowest BCUT2D eigenvalue weighted by atomic mass is 9.97. The average Bonchev–Trinajstić information content (AvgIpc) is 3.26. The van der Waals surface area contributed by atoms with Crippen molar-refractivity contribution in [1.29, 1.82) is 0 Å². The zero-order chi connectivity index (χ0) is 26.0. The van der Waals surface area contributed by atoms with Crippen molar-refractivity contribution in [3.63, 3.8) is 0 Å². The molecule has 0 radical (unpaired) electrons. The first kappa shape index (κ1) is 33.4. The standard InChI is InChI=1S/C28H29F3N6.3ClH/c1-18(19-7-4-3-5-8-19)34-27-33-16-13-23(35-27)25-24(21-9-6-10-22(17-21)28(29,30)31)36-26(37(25)2)20-11-14-32-15-12-20;;;/h3-10,13,16-18,20,32H,11-12,14-15H2,1-2H3,(H,33,34,35);3*1H. The van der Waals surface area contributed by atoms with E-state index in [1.807, 2.05) is 48.9 Å². The lowest BCUT2D eigenvalue weighted by Crippen LogP contribution is -2.27. The van der Waals surface area contributed by atoms with Crippen LogP contribution in [-0.4, -0.2) is 32.6 Å². The van der Waals surface area contributed by atoms with E-state index in [0.29, 0.717) is 28.6 Å². The lowest BCUT2D eigenvalue weighted by molar-refractivity contribution is -0.137. The molecule has 4 aromatic rings. The summed E-state index contributed by atoms with van der Waals surface area (Å²) in [7, 11) is 1.92. The largest absolute Gasteiger partial charge is 0.416 e. The molecule has 2 aromatic carbocycles. The molecule has 2 aromatic heterocycles. The topological polar surface area (TPSA) is 67.7 Å². The molecule has 0 saturated carbocycles. The number of nitrogens with zero attached hydrogens (tertiary/aromatic N) is 4. The van der Waals surface area contributed by atoms with Crippen LogP contribution in [0.5, 0.6) is 0 Å². The highest BCUT2D eigenvalue weighted by atomic mass is 35.5. The zero-order valence-corrected chi connectivity index (χ0v) is 24.4. The minimum Gasteiger partial charge on any atom is -0.348 e. The van der Waals surface area contributed by atoms with Crippen molar-refractivity contribution >= 4 is 43.2 Å². The number of hydrogen-bond acceptors (Lipinski definition) is 5. The number of alkyl halides is 3. The number of piperidine rings is 1. The van der Waals surface area contributed by atoms with E-state index in [4.69, 9.17) is 9.97 Å². The highest BCUT2D eigenvalue weighted by Gasteiger charge is 2.32. The molecule has 12 heteroatoms. The summed E-state index contributed by atoms with van der Waals surface area (Å²) in [5, 5.41) is 6.70. The van der Waals surface area contributed by atoms with Crippen LogP contribution in [0.15, 0.2) is 66.9 Å². The maximum Gasteiger partial charge on any atom is 0.416 e. The fraction of sp³-hybridized carbons (Fsp3) is 0.321. The summed E-state index contributed by atoms with van der Waals surface area (Å²) in [4.78, 5) is 14.1. The zero-order valence-electron chi connectivity index (χ0n) is 22.0. The van der Waals surface area contributed by atoms with Gasteiger partial charge in [0.25, 0.3) is 0 Å². The second kappa shape index (κ2) is 14.2. The highest BCUT2D eigenvalue weighted by Crippen LogP contribution is 2.38. The molecule has 1 aliphatic heterocycles. The van der Waals surface area contributed by atoms with Crippen molar-refractivity contribution < 1.29 is 13.2 Å². The van der Waals surface area contributed by atoms with E-state index in [0.717, 1.165) is 49.5 Å². The van der Waals surface area contributed by atoms with Gasteiger partial charge in [-0.15, -0.1) is 37.2 Å². The smallest absolute Gasteiger partial charge is 0.348 e. The van der Waals surface area contributed by atoms with Gasteiger partial charge in [0.05, 0.1) is 28.7 Å². The Hall–Kier alpha value is -2.85. The van der Waals surface area contributed by atoms with Crippen molar-refractivity contribution in [3.8, 4) is 22.6 Å². The minimum atomic E-state index is -4.44. The molecular formula is C28H32Cl3F3N6. The lowest BCUT2D eigenvalue weighted by Gasteiger charge is -2.22. The summed E-state index contributed by atoms with van der Waals surface area (Å²) >= 11 is 0. The molecule has 1 fully saturated rings. The molecule has 0 spiro atoms. The van der Waals surface area contributed by atoms with E-state index >= 15 is 0 Å². The predicted molar refractivity (Wildman–Crippen MR) is 160 cm³/mol. The van der Waals surface area contributed by atoms with Gasteiger partial charge in [-0.25, -0.2) is 15.0 Å². The van der Waals surface area contributed by atoms with Gasteiger partial charge in [0, 0.05) is 24.7 Å². The van der Waals surface area contributed by atoms with Crippen LogP contribution < -0.4 is 10.6 Å². The third-order valence-corrected chi connectivity index (χ3v) is 6.84. The average molecular weight is 616 g/mol. The summed E-state index contributed by atoms with van der Waals surface area (Å²) in [6, 6.07) is 17.1. The second-order valence-electron chi connectivity index (χ2n) is 9.37. The van der Waals surface area contributed by atoms with E-state index in [-0.39, 0.29) is 49.2 Å². The van der Waals surface area contributed by atoms with Crippen LogP contribution in [0.2, 0.25) is 0 Å². The summed E-state index contributed by atoms with van der Waals surface area (Å²) in [6.45, 7) is 3.79. The molecule has 216 valence electrons.